The van der Waals surface area contributed by atoms with Crippen LogP contribution in [0.25, 0.3) is 0 Å². The number of aromatic nitrogens is 2. The smallest absolute Gasteiger partial charge is 0.305 e. The van der Waals surface area contributed by atoms with Crippen molar-refractivity contribution in [2.24, 2.45) is 0 Å². The number of carbonyl (C=O) groups excluding carboxylic acids is 2. The Balaban J connectivity index is 1.57. The van der Waals surface area contributed by atoms with E-state index >= 15 is 0 Å². The predicted molar refractivity (Wildman–Crippen MR) is 81.4 cm³/mol. The second-order valence-electron chi connectivity index (χ2n) is 4.80. The molecule has 7 heteroatoms. The van der Waals surface area contributed by atoms with Crippen molar-refractivity contribution in [3.8, 4) is 0 Å². The van der Waals surface area contributed by atoms with Crippen LogP contribution in [-0.4, -0.2) is 21.6 Å². The minimum Gasteiger partial charge on any atom is -0.459 e. The topological polar surface area (TPSA) is 89.2 Å². The normalized spacial score (nSPS) is 10.3. The number of hydrogen-bond donors (Lipinski definition) is 2. The molecule has 0 aliphatic carbocycles. The summed E-state index contributed by atoms with van der Waals surface area (Å²) in [7, 11) is 0. The predicted octanol–water partition coefficient (Wildman–Crippen LogP) is 1.60. The summed E-state index contributed by atoms with van der Waals surface area (Å²) in [6, 6.07) is 12.9. The number of hydrazine groups is 1. The second-order valence-corrected chi connectivity index (χ2v) is 4.80. The molecule has 0 saturated carbocycles. The highest BCUT2D eigenvalue weighted by atomic mass is 16.3. The molecule has 0 spiro atoms. The Morgan fingerprint density at radius 2 is 1.83 bits per heavy atom. The fraction of sp³-hybridized carbons (Fsp3) is 0.0625. The van der Waals surface area contributed by atoms with Crippen molar-refractivity contribution in [3.05, 3.63) is 78.0 Å². The number of nitrogens with one attached hydrogen (secondary N) is 2. The Kier molecular flexibility index (Phi) is 4.19. The van der Waals surface area contributed by atoms with Gasteiger partial charge in [-0.05, 0) is 17.7 Å². The van der Waals surface area contributed by atoms with Gasteiger partial charge in [0.05, 0.1) is 24.6 Å². The maximum absolute atomic E-state index is 12.0. The van der Waals surface area contributed by atoms with Gasteiger partial charge in [-0.3, -0.25) is 25.1 Å². The zero-order valence-corrected chi connectivity index (χ0v) is 12.1. The number of furan rings is 1. The van der Waals surface area contributed by atoms with E-state index in [0.717, 1.165) is 5.56 Å². The fourth-order valence-electron chi connectivity index (χ4n) is 1.99. The molecule has 116 valence electrons. The van der Waals surface area contributed by atoms with Crippen molar-refractivity contribution in [2.75, 3.05) is 0 Å². The van der Waals surface area contributed by atoms with Crippen LogP contribution in [0.2, 0.25) is 0 Å². The molecule has 0 fully saturated rings. The van der Waals surface area contributed by atoms with Crippen LogP contribution in [0.1, 0.15) is 26.5 Å². The lowest BCUT2D eigenvalue weighted by Crippen LogP contribution is -2.41. The average molecular weight is 310 g/mol. The summed E-state index contributed by atoms with van der Waals surface area (Å²) in [6.07, 6.45) is 4.43. The van der Waals surface area contributed by atoms with Crippen LogP contribution < -0.4 is 10.9 Å². The molecule has 3 rings (SSSR count). The zero-order chi connectivity index (χ0) is 16.1. The lowest BCUT2D eigenvalue weighted by atomic mass is 10.2. The van der Waals surface area contributed by atoms with E-state index in [1.54, 1.807) is 16.9 Å². The molecule has 0 aliphatic rings. The molecule has 0 aliphatic heterocycles. The van der Waals surface area contributed by atoms with E-state index in [-0.39, 0.29) is 5.76 Å². The number of benzene rings is 1. The van der Waals surface area contributed by atoms with Gasteiger partial charge in [0.2, 0.25) is 0 Å². The van der Waals surface area contributed by atoms with Crippen LogP contribution in [0.15, 0.2) is 65.5 Å². The summed E-state index contributed by atoms with van der Waals surface area (Å²) >= 11 is 0. The molecule has 2 heterocycles. The molecular formula is C16H14N4O3. The Hall–Kier alpha value is -3.35. The monoisotopic (exact) mass is 310 g/mol. The van der Waals surface area contributed by atoms with Crippen LogP contribution in [0.4, 0.5) is 0 Å². The molecular weight excluding hydrogens is 296 g/mol. The largest absolute Gasteiger partial charge is 0.459 e. The molecule has 0 atom stereocenters. The molecule has 1 aromatic carbocycles. The van der Waals surface area contributed by atoms with Crippen molar-refractivity contribution >= 4 is 11.8 Å². The average Bonchev–Trinajstić information content (AvgIpc) is 3.25. The molecule has 0 radical (unpaired) electrons. The number of rotatable bonds is 4. The third-order valence-corrected chi connectivity index (χ3v) is 3.12. The Bertz CT molecular complexity index is 794. The maximum atomic E-state index is 12.0. The van der Waals surface area contributed by atoms with Gasteiger partial charge in [0.1, 0.15) is 0 Å². The maximum Gasteiger partial charge on any atom is 0.305 e. The highest BCUT2D eigenvalue weighted by Gasteiger charge is 2.12. The van der Waals surface area contributed by atoms with Crippen LogP contribution in [0, 0.1) is 0 Å². The highest BCUT2D eigenvalue weighted by Crippen LogP contribution is 2.04. The van der Waals surface area contributed by atoms with Gasteiger partial charge in [-0.2, -0.15) is 5.10 Å². The summed E-state index contributed by atoms with van der Waals surface area (Å²) < 4.78 is 6.58. The molecule has 0 bridgehead atoms. The first-order chi connectivity index (χ1) is 11.2. The number of nitrogens with zero attached hydrogens (tertiary/aromatic N) is 2. The van der Waals surface area contributed by atoms with E-state index < -0.39 is 11.8 Å². The van der Waals surface area contributed by atoms with E-state index in [1.165, 1.54) is 18.5 Å². The number of amides is 2. The van der Waals surface area contributed by atoms with Crippen LogP contribution in [0.3, 0.4) is 0 Å². The summed E-state index contributed by atoms with van der Waals surface area (Å²) in [5.74, 6) is -0.866. The van der Waals surface area contributed by atoms with E-state index in [1.807, 2.05) is 30.3 Å². The lowest BCUT2D eigenvalue weighted by Gasteiger charge is -2.04. The van der Waals surface area contributed by atoms with Crippen molar-refractivity contribution in [1.82, 2.24) is 20.6 Å². The van der Waals surface area contributed by atoms with E-state index in [0.29, 0.717) is 12.1 Å². The molecule has 23 heavy (non-hydrogen) atoms. The van der Waals surface area contributed by atoms with Crippen molar-refractivity contribution < 1.29 is 14.0 Å². The molecule has 3 aromatic rings. The highest BCUT2D eigenvalue weighted by molar-refractivity contribution is 5.97. The summed E-state index contributed by atoms with van der Waals surface area (Å²) in [5, 5.41) is 4.13. The van der Waals surface area contributed by atoms with Gasteiger partial charge in [0.25, 0.3) is 5.91 Å². The molecule has 0 unspecified atom stereocenters. The Labute approximate surface area is 131 Å². The standard InChI is InChI=1S/C16H14N4O3/c21-15(18-19-16(22)14-7-4-8-23-14)13-9-17-20(11-13)10-12-5-2-1-3-6-12/h1-9,11H,10H2,(H,18,21)(H,19,22). The Morgan fingerprint density at radius 3 is 2.57 bits per heavy atom. The summed E-state index contributed by atoms with van der Waals surface area (Å²) in [5.41, 5.74) is 6.01. The van der Waals surface area contributed by atoms with Crippen LogP contribution in [-0.2, 0) is 6.54 Å². The van der Waals surface area contributed by atoms with Crippen molar-refractivity contribution in [3.63, 3.8) is 0 Å². The van der Waals surface area contributed by atoms with Crippen molar-refractivity contribution in [2.45, 2.75) is 6.54 Å². The van der Waals surface area contributed by atoms with E-state index in [9.17, 15) is 9.59 Å². The zero-order valence-electron chi connectivity index (χ0n) is 12.1. The fourth-order valence-corrected chi connectivity index (χ4v) is 1.99. The molecule has 0 saturated heterocycles. The van der Waals surface area contributed by atoms with Gasteiger partial charge in [0.15, 0.2) is 5.76 Å². The Morgan fingerprint density at radius 1 is 1.04 bits per heavy atom. The van der Waals surface area contributed by atoms with Crippen molar-refractivity contribution in [1.29, 1.82) is 0 Å². The number of carbonyl (C=O) groups is 2. The first-order valence-corrected chi connectivity index (χ1v) is 6.93. The van der Waals surface area contributed by atoms with Gasteiger partial charge in [-0.1, -0.05) is 30.3 Å². The first-order valence-electron chi connectivity index (χ1n) is 6.93. The molecule has 2 aromatic heterocycles. The minimum absolute atomic E-state index is 0.116. The van der Waals surface area contributed by atoms with Crippen LogP contribution in [0.5, 0.6) is 0 Å². The van der Waals surface area contributed by atoms with Gasteiger partial charge in [0, 0.05) is 6.20 Å². The molecule has 2 amide bonds. The van der Waals surface area contributed by atoms with E-state index in [2.05, 4.69) is 16.0 Å². The molecule has 2 N–H and O–H groups in total. The lowest BCUT2D eigenvalue weighted by molar-refractivity contribution is 0.0831. The third-order valence-electron chi connectivity index (χ3n) is 3.12. The minimum atomic E-state index is -0.528. The van der Waals surface area contributed by atoms with Gasteiger partial charge >= 0.3 is 5.91 Å². The first kappa shape index (κ1) is 14.6. The molecule has 7 nitrogen and oxygen atoms in total. The third kappa shape index (κ3) is 3.65. The van der Waals surface area contributed by atoms with Gasteiger partial charge in [-0.25, -0.2) is 0 Å². The van der Waals surface area contributed by atoms with Gasteiger partial charge < -0.3 is 4.42 Å². The summed E-state index contributed by atoms with van der Waals surface area (Å²) in [6.45, 7) is 0.562. The van der Waals surface area contributed by atoms with E-state index in [4.69, 9.17) is 4.42 Å². The number of hydrogen-bond acceptors (Lipinski definition) is 4. The van der Waals surface area contributed by atoms with Crippen LogP contribution >= 0.6 is 0 Å². The SMILES string of the molecule is O=C(NNC(=O)c1ccco1)c1cnn(Cc2ccccc2)c1. The van der Waals surface area contributed by atoms with Gasteiger partial charge in [-0.15, -0.1) is 0 Å². The summed E-state index contributed by atoms with van der Waals surface area (Å²) in [4.78, 5) is 23.6. The quantitative estimate of drug-likeness (QED) is 0.716. The second kappa shape index (κ2) is 6.61.